The van der Waals surface area contributed by atoms with Crippen molar-refractivity contribution in [1.29, 1.82) is 0 Å². The molecule has 4 rings (SSSR count). The maximum atomic E-state index is 12.2. The van der Waals surface area contributed by atoms with Crippen molar-refractivity contribution in [2.24, 2.45) is 0 Å². The highest BCUT2D eigenvalue weighted by molar-refractivity contribution is 7.92. The molecule has 1 aliphatic heterocycles. The Bertz CT molecular complexity index is 1190. The Balaban J connectivity index is 1.20. The number of piperazine rings is 1. The first-order chi connectivity index (χ1) is 16.5. The highest BCUT2D eigenvalue weighted by Gasteiger charge is 2.20. The molecule has 1 N–H and O–H groups in total. The number of rotatable bonds is 10. The SMILES string of the molecule is COc1cccc(Cc2nsc(N3CCN(CCNS(=O)(=O)C=Cc4ccccc4)CC3)n2)c1. The highest BCUT2D eigenvalue weighted by atomic mass is 32.2. The molecule has 0 spiro atoms. The first-order valence-electron chi connectivity index (χ1n) is 11.2. The lowest BCUT2D eigenvalue weighted by Crippen LogP contribution is -2.48. The maximum Gasteiger partial charge on any atom is 0.233 e. The van der Waals surface area contributed by atoms with Gasteiger partial charge in [-0.05, 0) is 29.3 Å². The van der Waals surface area contributed by atoms with E-state index in [1.54, 1.807) is 13.2 Å². The van der Waals surface area contributed by atoms with Crippen LogP contribution in [0.4, 0.5) is 5.13 Å². The van der Waals surface area contributed by atoms with Crippen molar-refractivity contribution in [3.63, 3.8) is 0 Å². The average Bonchev–Trinajstić information content (AvgIpc) is 3.32. The van der Waals surface area contributed by atoms with Gasteiger partial charge in [0.05, 0.1) is 7.11 Å². The van der Waals surface area contributed by atoms with Gasteiger partial charge in [0.2, 0.25) is 15.2 Å². The number of methoxy groups -OCH3 is 1. The number of benzene rings is 2. The molecule has 0 amide bonds. The third-order valence-electron chi connectivity index (χ3n) is 5.57. The molecule has 2 heterocycles. The number of nitrogens with zero attached hydrogens (tertiary/aromatic N) is 4. The van der Waals surface area contributed by atoms with Crippen LogP contribution in [0.5, 0.6) is 5.75 Å². The quantitative estimate of drug-likeness (QED) is 0.459. The van der Waals surface area contributed by atoms with Gasteiger partial charge < -0.3 is 9.64 Å². The number of hydrogen-bond acceptors (Lipinski definition) is 8. The molecule has 1 fully saturated rings. The second-order valence-corrected chi connectivity index (χ2v) is 10.4. The first kappa shape index (κ1) is 24.3. The van der Waals surface area contributed by atoms with Crippen LogP contribution in [-0.2, 0) is 16.4 Å². The van der Waals surface area contributed by atoms with E-state index < -0.39 is 10.0 Å². The zero-order valence-corrected chi connectivity index (χ0v) is 20.8. The molecule has 0 saturated carbocycles. The molecular weight excluding hydrogens is 470 g/mol. The predicted octanol–water partition coefficient (Wildman–Crippen LogP) is 2.85. The van der Waals surface area contributed by atoms with Gasteiger partial charge in [0.1, 0.15) is 11.6 Å². The summed E-state index contributed by atoms with van der Waals surface area (Å²) in [5, 5.41) is 2.16. The number of nitrogens with one attached hydrogen (secondary N) is 1. The molecule has 1 saturated heterocycles. The van der Waals surface area contributed by atoms with E-state index in [2.05, 4.69) is 18.9 Å². The Kier molecular flexibility index (Phi) is 8.28. The zero-order valence-electron chi connectivity index (χ0n) is 19.1. The Morgan fingerprint density at radius 3 is 2.65 bits per heavy atom. The molecule has 1 aliphatic rings. The molecule has 0 bridgehead atoms. The highest BCUT2D eigenvalue weighted by Crippen LogP contribution is 2.21. The molecule has 0 atom stereocenters. The van der Waals surface area contributed by atoms with E-state index in [0.29, 0.717) is 19.5 Å². The minimum atomic E-state index is -3.45. The largest absolute Gasteiger partial charge is 0.497 e. The second kappa shape index (κ2) is 11.6. The number of anilines is 1. The fourth-order valence-electron chi connectivity index (χ4n) is 3.70. The summed E-state index contributed by atoms with van der Waals surface area (Å²) in [6.45, 7) is 4.44. The molecule has 10 heteroatoms. The summed E-state index contributed by atoms with van der Waals surface area (Å²) in [5.41, 5.74) is 1.97. The Labute approximate surface area is 205 Å². The number of ether oxygens (including phenoxy) is 1. The summed E-state index contributed by atoms with van der Waals surface area (Å²) in [4.78, 5) is 9.23. The van der Waals surface area contributed by atoms with E-state index in [-0.39, 0.29) is 0 Å². The molecule has 3 aromatic rings. The van der Waals surface area contributed by atoms with E-state index in [1.165, 1.54) is 16.9 Å². The van der Waals surface area contributed by atoms with Crippen LogP contribution in [0.2, 0.25) is 0 Å². The number of sulfonamides is 1. The van der Waals surface area contributed by atoms with Crippen molar-refractivity contribution in [3.05, 3.63) is 77.0 Å². The summed E-state index contributed by atoms with van der Waals surface area (Å²) in [6, 6.07) is 17.3. The number of aromatic nitrogens is 2. The van der Waals surface area contributed by atoms with E-state index in [9.17, 15) is 8.42 Å². The van der Waals surface area contributed by atoms with Crippen molar-refractivity contribution in [2.75, 3.05) is 51.3 Å². The third-order valence-corrected chi connectivity index (χ3v) is 7.48. The van der Waals surface area contributed by atoms with Gasteiger partial charge in [-0.1, -0.05) is 42.5 Å². The molecule has 180 valence electrons. The van der Waals surface area contributed by atoms with Crippen molar-refractivity contribution in [3.8, 4) is 5.75 Å². The van der Waals surface area contributed by atoms with Crippen molar-refractivity contribution in [1.82, 2.24) is 19.0 Å². The van der Waals surface area contributed by atoms with Crippen LogP contribution in [0.3, 0.4) is 0 Å². The lowest BCUT2D eigenvalue weighted by molar-refractivity contribution is 0.262. The van der Waals surface area contributed by atoms with Crippen molar-refractivity contribution in [2.45, 2.75) is 6.42 Å². The molecule has 2 aromatic carbocycles. The summed E-state index contributed by atoms with van der Waals surface area (Å²) >= 11 is 1.43. The second-order valence-electron chi connectivity index (χ2n) is 8.00. The van der Waals surface area contributed by atoms with Gasteiger partial charge >= 0.3 is 0 Å². The van der Waals surface area contributed by atoms with Crippen molar-refractivity contribution < 1.29 is 13.2 Å². The third kappa shape index (κ3) is 7.10. The molecule has 0 unspecified atom stereocenters. The molecule has 1 aromatic heterocycles. The average molecular weight is 500 g/mol. The predicted molar refractivity (Wildman–Crippen MR) is 137 cm³/mol. The summed E-state index contributed by atoms with van der Waals surface area (Å²) in [7, 11) is -1.79. The van der Waals surface area contributed by atoms with E-state index in [4.69, 9.17) is 9.72 Å². The van der Waals surface area contributed by atoms with E-state index >= 15 is 0 Å². The monoisotopic (exact) mass is 499 g/mol. The summed E-state index contributed by atoms with van der Waals surface area (Å²) in [5.74, 6) is 1.65. The van der Waals surface area contributed by atoms with Gasteiger partial charge in [0.25, 0.3) is 0 Å². The Hall–Kier alpha value is -2.79. The fraction of sp³-hybridized carbons (Fsp3) is 0.333. The van der Waals surface area contributed by atoms with Crippen LogP contribution in [0.1, 0.15) is 17.0 Å². The van der Waals surface area contributed by atoms with Gasteiger partial charge in [0, 0.05) is 62.6 Å². The lowest BCUT2D eigenvalue weighted by atomic mass is 10.1. The van der Waals surface area contributed by atoms with Gasteiger partial charge in [-0.25, -0.2) is 18.1 Å². The first-order valence-corrected chi connectivity index (χ1v) is 13.5. The number of hydrogen-bond donors (Lipinski definition) is 1. The van der Waals surface area contributed by atoms with Crippen LogP contribution >= 0.6 is 11.5 Å². The lowest BCUT2D eigenvalue weighted by Gasteiger charge is -2.34. The molecular formula is C24H29N5O3S2. The molecule has 0 aliphatic carbocycles. The van der Waals surface area contributed by atoms with Crippen LogP contribution in [0.25, 0.3) is 6.08 Å². The fourth-order valence-corrected chi connectivity index (χ4v) is 5.24. The normalized spacial score (nSPS) is 15.1. The zero-order chi connectivity index (χ0) is 23.8. The molecule has 8 nitrogen and oxygen atoms in total. The van der Waals surface area contributed by atoms with Gasteiger partial charge in [-0.2, -0.15) is 4.37 Å². The van der Waals surface area contributed by atoms with Crippen LogP contribution in [-0.4, -0.2) is 69.1 Å². The van der Waals surface area contributed by atoms with Gasteiger partial charge in [-0.15, -0.1) is 0 Å². The summed E-state index contributed by atoms with van der Waals surface area (Å²) < 4.78 is 36.9. The van der Waals surface area contributed by atoms with Crippen LogP contribution < -0.4 is 14.4 Å². The Morgan fingerprint density at radius 1 is 1.09 bits per heavy atom. The van der Waals surface area contributed by atoms with Gasteiger partial charge in [0.15, 0.2) is 0 Å². The minimum Gasteiger partial charge on any atom is -0.497 e. The smallest absolute Gasteiger partial charge is 0.233 e. The standard InChI is InChI=1S/C24H29N5O3S2/c1-32-22-9-5-8-21(18-22)19-23-26-24(33-27-23)29-15-13-28(14-16-29)12-11-25-34(30,31)17-10-20-6-3-2-4-7-20/h2-10,17-18,25H,11-16,19H2,1H3. The van der Waals surface area contributed by atoms with Crippen molar-refractivity contribution >= 4 is 32.8 Å². The van der Waals surface area contributed by atoms with Crippen LogP contribution in [0.15, 0.2) is 60.0 Å². The topological polar surface area (TPSA) is 87.7 Å². The maximum absolute atomic E-state index is 12.2. The van der Waals surface area contributed by atoms with E-state index in [0.717, 1.165) is 54.0 Å². The van der Waals surface area contributed by atoms with Crippen LogP contribution in [0, 0.1) is 0 Å². The van der Waals surface area contributed by atoms with E-state index in [1.807, 2.05) is 54.6 Å². The molecule has 34 heavy (non-hydrogen) atoms. The Morgan fingerprint density at radius 2 is 1.88 bits per heavy atom. The minimum absolute atomic E-state index is 0.380. The molecule has 0 radical (unpaired) electrons. The van der Waals surface area contributed by atoms with Gasteiger partial charge in [-0.3, -0.25) is 4.90 Å². The summed E-state index contributed by atoms with van der Waals surface area (Å²) in [6.07, 6.45) is 2.28.